The van der Waals surface area contributed by atoms with Crippen molar-refractivity contribution in [2.24, 2.45) is 0 Å². The minimum atomic E-state index is -0.0819. The Balaban J connectivity index is 2.30. The maximum absolute atomic E-state index is 11.9. The van der Waals surface area contributed by atoms with Gasteiger partial charge in [-0.1, -0.05) is 15.9 Å². The third kappa shape index (κ3) is 7.82. The highest BCUT2D eigenvalue weighted by Crippen LogP contribution is 2.14. The highest BCUT2D eigenvalue weighted by molar-refractivity contribution is 9.10. The third-order valence-electron chi connectivity index (χ3n) is 2.68. The van der Waals surface area contributed by atoms with Crippen LogP contribution in [0.1, 0.15) is 27.2 Å². The van der Waals surface area contributed by atoms with Crippen LogP contribution in [0.25, 0.3) is 0 Å². The Bertz CT molecular complexity index is 474. The van der Waals surface area contributed by atoms with Gasteiger partial charge >= 0.3 is 0 Å². The van der Waals surface area contributed by atoms with Gasteiger partial charge in [-0.2, -0.15) is 0 Å². The number of carbonyl (C=O) groups excluding carboxylic acids is 2. The monoisotopic (exact) mass is 355 g/mol. The fourth-order valence-corrected chi connectivity index (χ4v) is 2.00. The van der Waals surface area contributed by atoms with E-state index in [0.29, 0.717) is 6.42 Å². The summed E-state index contributed by atoms with van der Waals surface area (Å²) >= 11 is 3.34. The van der Waals surface area contributed by atoms with E-state index in [1.165, 1.54) is 0 Å². The molecule has 2 amide bonds. The van der Waals surface area contributed by atoms with E-state index >= 15 is 0 Å². The lowest BCUT2D eigenvalue weighted by Crippen LogP contribution is -2.41. The number of carbonyl (C=O) groups is 2. The lowest BCUT2D eigenvalue weighted by molar-refractivity contribution is -0.121. The van der Waals surface area contributed by atoms with Crippen molar-refractivity contribution in [3.8, 4) is 0 Å². The molecule has 0 aliphatic heterocycles. The topological polar surface area (TPSA) is 70.2 Å². The number of hydrogen-bond donors (Lipinski definition) is 3. The Labute approximate surface area is 134 Å². The molecule has 0 saturated carbocycles. The number of rotatable bonds is 7. The van der Waals surface area contributed by atoms with Gasteiger partial charge in [0.1, 0.15) is 0 Å². The molecule has 6 heteroatoms. The Hall–Kier alpha value is -1.40. The Morgan fingerprint density at radius 2 is 1.71 bits per heavy atom. The minimum Gasteiger partial charge on any atom is -0.353 e. The maximum Gasteiger partial charge on any atom is 0.234 e. The van der Waals surface area contributed by atoms with Gasteiger partial charge in [-0.25, -0.2) is 0 Å². The summed E-state index contributed by atoms with van der Waals surface area (Å²) in [5, 5.41) is 8.64. The summed E-state index contributed by atoms with van der Waals surface area (Å²) in [6, 6.07) is 7.45. The van der Waals surface area contributed by atoms with Gasteiger partial charge in [-0.05, 0) is 45.0 Å². The zero-order valence-corrected chi connectivity index (χ0v) is 14.2. The SMILES string of the molecule is CC(C)NC(=O)CNC(C)CC(=O)Nc1ccc(Br)cc1. The molecule has 0 saturated heterocycles. The Morgan fingerprint density at radius 3 is 2.29 bits per heavy atom. The average Bonchev–Trinajstić information content (AvgIpc) is 2.38. The summed E-state index contributed by atoms with van der Waals surface area (Å²) < 4.78 is 0.965. The van der Waals surface area contributed by atoms with E-state index in [1.807, 2.05) is 45.0 Å². The van der Waals surface area contributed by atoms with Gasteiger partial charge in [0.25, 0.3) is 0 Å². The smallest absolute Gasteiger partial charge is 0.234 e. The van der Waals surface area contributed by atoms with E-state index < -0.39 is 0 Å². The summed E-state index contributed by atoms with van der Waals surface area (Å²) in [6.45, 7) is 5.91. The van der Waals surface area contributed by atoms with Crippen LogP contribution in [0.15, 0.2) is 28.7 Å². The van der Waals surface area contributed by atoms with Crippen LogP contribution in [0.5, 0.6) is 0 Å². The second-order valence-electron chi connectivity index (χ2n) is 5.26. The zero-order chi connectivity index (χ0) is 15.8. The number of anilines is 1. The van der Waals surface area contributed by atoms with Crippen LogP contribution in [0.3, 0.4) is 0 Å². The highest BCUT2D eigenvalue weighted by atomic mass is 79.9. The van der Waals surface area contributed by atoms with Crippen LogP contribution in [0, 0.1) is 0 Å². The van der Waals surface area contributed by atoms with Crippen molar-refractivity contribution in [1.82, 2.24) is 10.6 Å². The second-order valence-corrected chi connectivity index (χ2v) is 6.18. The first-order valence-electron chi connectivity index (χ1n) is 6.95. The lowest BCUT2D eigenvalue weighted by atomic mass is 10.2. The molecular formula is C15H22BrN3O2. The maximum atomic E-state index is 11.9. The zero-order valence-electron chi connectivity index (χ0n) is 12.6. The van der Waals surface area contributed by atoms with Crippen molar-refractivity contribution in [1.29, 1.82) is 0 Å². The molecule has 116 valence electrons. The minimum absolute atomic E-state index is 0.0647. The van der Waals surface area contributed by atoms with Crippen molar-refractivity contribution in [3.63, 3.8) is 0 Å². The molecule has 0 aromatic heterocycles. The molecule has 1 aromatic carbocycles. The van der Waals surface area contributed by atoms with Crippen molar-refractivity contribution < 1.29 is 9.59 Å². The van der Waals surface area contributed by atoms with Crippen LogP contribution in [0.2, 0.25) is 0 Å². The van der Waals surface area contributed by atoms with Gasteiger partial charge in [0.05, 0.1) is 6.54 Å². The van der Waals surface area contributed by atoms with Gasteiger partial charge < -0.3 is 16.0 Å². The average molecular weight is 356 g/mol. The molecule has 1 aromatic rings. The van der Waals surface area contributed by atoms with Crippen LogP contribution in [-0.2, 0) is 9.59 Å². The first-order valence-corrected chi connectivity index (χ1v) is 7.74. The van der Waals surface area contributed by atoms with E-state index in [2.05, 4.69) is 31.9 Å². The van der Waals surface area contributed by atoms with Crippen LogP contribution >= 0.6 is 15.9 Å². The van der Waals surface area contributed by atoms with E-state index in [9.17, 15) is 9.59 Å². The molecule has 3 N–H and O–H groups in total. The number of benzene rings is 1. The van der Waals surface area contributed by atoms with Gasteiger partial charge in [-0.15, -0.1) is 0 Å². The first-order chi connectivity index (χ1) is 9.86. The Kier molecular flexibility index (Phi) is 7.39. The molecule has 1 atom stereocenters. The fourth-order valence-electron chi connectivity index (χ4n) is 1.74. The molecule has 1 unspecified atom stereocenters. The molecule has 0 aliphatic rings. The number of nitrogens with one attached hydrogen (secondary N) is 3. The number of amides is 2. The van der Waals surface area contributed by atoms with Crippen molar-refractivity contribution >= 4 is 33.4 Å². The fraction of sp³-hybridized carbons (Fsp3) is 0.467. The molecule has 0 heterocycles. The van der Waals surface area contributed by atoms with Gasteiger partial charge in [0, 0.05) is 28.7 Å². The van der Waals surface area contributed by atoms with Crippen LogP contribution in [0.4, 0.5) is 5.69 Å². The summed E-state index contributed by atoms with van der Waals surface area (Å²) in [7, 11) is 0. The summed E-state index contributed by atoms with van der Waals surface area (Å²) in [5.74, 6) is -0.147. The lowest BCUT2D eigenvalue weighted by Gasteiger charge is -2.14. The number of halogens is 1. The van der Waals surface area contributed by atoms with E-state index in [4.69, 9.17) is 0 Å². The van der Waals surface area contributed by atoms with Crippen LogP contribution in [-0.4, -0.2) is 30.4 Å². The molecule has 0 aliphatic carbocycles. The van der Waals surface area contributed by atoms with Crippen molar-refractivity contribution in [3.05, 3.63) is 28.7 Å². The van der Waals surface area contributed by atoms with Crippen LogP contribution < -0.4 is 16.0 Å². The predicted octanol–water partition coefficient (Wildman–Crippen LogP) is 2.28. The molecule has 0 radical (unpaired) electrons. The molecule has 5 nitrogen and oxygen atoms in total. The summed E-state index contributed by atoms with van der Waals surface area (Å²) in [4.78, 5) is 23.4. The molecule has 0 bridgehead atoms. The first kappa shape index (κ1) is 17.7. The summed E-state index contributed by atoms with van der Waals surface area (Å²) in [5.41, 5.74) is 0.757. The van der Waals surface area contributed by atoms with Crippen molar-refractivity contribution in [2.45, 2.75) is 39.3 Å². The molecule has 21 heavy (non-hydrogen) atoms. The van der Waals surface area contributed by atoms with E-state index in [1.54, 1.807) is 0 Å². The second kappa shape index (κ2) is 8.79. The van der Waals surface area contributed by atoms with Crippen molar-refractivity contribution in [2.75, 3.05) is 11.9 Å². The van der Waals surface area contributed by atoms with Gasteiger partial charge in [0.2, 0.25) is 11.8 Å². The highest BCUT2D eigenvalue weighted by Gasteiger charge is 2.11. The number of hydrogen-bond acceptors (Lipinski definition) is 3. The standard InChI is InChI=1S/C15H22BrN3O2/c1-10(2)18-15(21)9-17-11(3)8-14(20)19-13-6-4-12(16)5-7-13/h4-7,10-11,17H,8-9H2,1-3H3,(H,18,21)(H,19,20). The van der Waals surface area contributed by atoms with E-state index in [0.717, 1.165) is 10.2 Å². The summed E-state index contributed by atoms with van der Waals surface area (Å²) in [6.07, 6.45) is 0.311. The van der Waals surface area contributed by atoms with E-state index in [-0.39, 0.29) is 30.4 Å². The quantitative estimate of drug-likeness (QED) is 0.702. The third-order valence-corrected chi connectivity index (χ3v) is 3.21. The van der Waals surface area contributed by atoms with Gasteiger partial charge in [0.15, 0.2) is 0 Å². The molecule has 0 spiro atoms. The molecule has 0 fully saturated rings. The molecular weight excluding hydrogens is 334 g/mol. The Morgan fingerprint density at radius 1 is 1.10 bits per heavy atom. The normalized spacial score (nSPS) is 12.0. The van der Waals surface area contributed by atoms with Gasteiger partial charge in [-0.3, -0.25) is 9.59 Å². The molecule has 1 rings (SSSR count). The predicted molar refractivity (Wildman–Crippen MR) is 88.1 cm³/mol. The largest absolute Gasteiger partial charge is 0.353 e.